The number of benzene rings is 2. The van der Waals surface area contributed by atoms with E-state index in [1.807, 2.05) is 0 Å². The molecule has 0 aromatic heterocycles. The lowest BCUT2D eigenvalue weighted by molar-refractivity contribution is -0.385. The first-order valence-electron chi connectivity index (χ1n) is 11.8. The molecule has 2 aliphatic rings. The van der Waals surface area contributed by atoms with E-state index in [1.165, 1.54) is 24.3 Å². The van der Waals surface area contributed by atoms with Gasteiger partial charge in [-0.3, -0.25) is 29.4 Å². The van der Waals surface area contributed by atoms with Crippen molar-refractivity contribution in [3.8, 4) is 17.2 Å². The number of amides is 3. The number of ether oxygens (including phenoxy) is 2. The number of alkyl halides is 3. The van der Waals surface area contributed by atoms with Gasteiger partial charge in [0.05, 0.1) is 22.0 Å². The Morgan fingerprint density at radius 1 is 1.10 bits per heavy atom. The van der Waals surface area contributed by atoms with Crippen LogP contribution in [0.4, 0.5) is 23.7 Å². The molecule has 2 saturated heterocycles. The summed E-state index contributed by atoms with van der Waals surface area (Å²) in [4.78, 5) is 50.7. The highest BCUT2D eigenvalue weighted by Crippen LogP contribution is 2.41. The van der Waals surface area contributed by atoms with Gasteiger partial charge in [0.15, 0.2) is 11.5 Å². The minimum absolute atomic E-state index is 0.0128. The maximum absolute atomic E-state index is 13.0. The lowest BCUT2D eigenvalue weighted by Crippen LogP contribution is -2.40. The highest BCUT2D eigenvalue weighted by molar-refractivity contribution is 8.18. The second-order valence-electron chi connectivity index (χ2n) is 8.53. The number of carbonyl (C=O) groups excluding carboxylic acids is 3. The second kappa shape index (κ2) is 11.4. The standard InChI is InChI=1S/C25H22F3N3O7S/c1-2-37-20-11-15(12-21-23(33)30(24(34)39-21)14-22(32)29-9-3-4-10-29)5-7-19(20)38-18-8-6-16(25(26,27)28)13-17(18)31(35)36/h5-8,11-13H,2-4,9-10,14H2,1H3/b21-12+. The molecule has 2 aliphatic heterocycles. The van der Waals surface area contributed by atoms with Gasteiger partial charge in [0.2, 0.25) is 11.7 Å². The van der Waals surface area contributed by atoms with Crippen molar-refractivity contribution in [1.82, 2.24) is 9.80 Å². The van der Waals surface area contributed by atoms with Crippen LogP contribution in [-0.2, 0) is 15.8 Å². The summed E-state index contributed by atoms with van der Waals surface area (Å²) in [6.07, 6.45) is -1.59. The largest absolute Gasteiger partial charge is 0.490 e. The first kappa shape index (κ1) is 28.0. The fourth-order valence-corrected chi connectivity index (χ4v) is 4.84. The maximum atomic E-state index is 13.0. The molecule has 2 aromatic carbocycles. The fraction of sp³-hybridized carbons (Fsp3) is 0.320. The van der Waals surface area contributed by atoms with Gasteiger partial charge in [0, 0.05) is 19.2 Å². The predicted octanol–water partition coefficient (Wildman–Crippen LogP) is 5.46. The lowest BCUT2D eigenvalue weighted by Gasteiger charge is -2.18. The summed E-state index contributed by atoms with van der Waals surface area (Å²) in [5.74, 6) is -1.25. The molecule has 2 fully saturated rings. The van der Waals surface area contributed by atoms with Crippen LogP contribution in [-0.4, -0.2) is 58.0 Å². The molecule has 0 aliphatic carbocycles. The van der Waals surface area contributed by atoms with Crippen LogP contribution in [0.5, 0.6) is 17.2 Å². The summed E-state index contributed by atoms with van der Waals surface area (Å²) in [6.45, 7) is 2.67. The minimum atomic E-state index is -4.77. The zero-order valence-electron chi connectivity index (χ0n) is 20.5. The van der Waals surface area contributed by atoms with Crippen LogP contribution in [0.15, 0.2) is 41.3 Å². The van der Waals surface area contributed by atoms with Crippen LogP contribution in [0.3, 0.4) is 0 Å². The van der Waals surface area contributed by atoms with Gasteiger partial charge in [-0.2, -0.15) is 13.2 Å². The molecular formula is C25H22F3N3O7S. The zero-order chi connectivity index (χ0) is 28.3. The Bertz CT molecular complexity index is 1360. The van der Waals surface area contributed by atoms with Gasteiger partial charge in [0.25, 0.3) is 11.1 Å². The van der Waals surface area contributed by atoms with Gasteiger partial charge in [0.1, 0.15) is 6.54 Å². The Morgan fingerprint density at radius 3 is 2.44 bits per heavy atom. The number of carbonyl (C=O) groups is 3. The van der Waals surface area contributed by atoms with Crippen molar-refractivity contribution >= 4 is 40.6 Å². The Balaban J connectivity index is 1.57. The third-order valence-corrected chi connectivity index (χ3v) is 6.80. The molecule has 4 rings (SSSR count). The van der Waals surface area contributed by atoms with Gasteiger partial charge in [-0.25, -0.2) is 0 Å². The van der Waals surface area contributed by atoms with Gasteiger partial charge in [-0.05, 0) is 67.4 Å². The highest BCUT2D eigenvalue weighted by Gasteiger charge is 2.37. The Morgan fingerprint density at radius 2 is 1.79 bits per heavy atom. The van der Waals surface area contributed by atoms with Crippen LogP contribution < -0.4 is 9.47 Å². The second-order valence-corrected chi connectivity index (χ2v) is 9.53. The van der Waals surface area contributed by atoms with Crippen molar-refractivity contribution in [3.05, 3.63) is 62.5 Å². The molecule has 0 saturated carbocycles. The molecule has 0 spiro atoms. The van der Waals surface area contributed by atoms with E-state index < -0.39 is 39.2 Å². The van der Waals surface area contributed by atoms with Crippen molar-refractivity contribution in [1.29, 1.82) is 0 Å². The number of rotatable bonds is 8. The topological polar surface area (TPSA) is 119 Å². The van der Waals surface area contributed by atoms with Gasteiger partial charge in [-0.1, -0.05) is 6.07 Å². The molecule has 2 aromatic rings. The van der Waals surface area contributed by atoms with Crippen LogP contribution in [0.25, 0.3) is 6.08 Å². The van der Waals surface area contributed by atoms with E-state index in [9.17, 15) is 37.7 Å². The van der Waals surface area contributed by atoms with E-state index in [1.54, 1.807) is 11.8 Å². The fourth-order valence-electron chi connectivity index (χ4n) is 4.00. The van der Waals surface area contributed by atoms with Crippen LogP contribution in [0, 0.1) is 10.1 Å². The highest BCUT2D eigenvalue weighted by atomic mass is 32.2. The number of nitrogens with zero attached hydrogens (tertiary/aromatic N) is 3. The third kappa shape index (κ3) is 6.33. The summed E-state index contributed by atoms with van der Waals surface area (Å²) in [5, 5.41) is 10.8. The van der Waals surface area contributed by atoms with Crippen molar-refractivity contribution < 1.29 is 42.0 Å². The molecule has 10 nitrogen and oxygen atoms in total. The smallest absolute Gasteiger partial charge is 0.416 e. The van der Waals surface area contributed by atoms with Crippen LogP contribution in [0.1, 0.15) is 30.9 Å². The first-order chi connectivity index (χ1) is 18.5. The predicted molar refractivity (Wildman–Crippen MR) is 134 cm³/mol. The first-order valence-corrected chi connectivity index (χ1v) is 12.6. The van der Waals surface area contributed by atoms with Crippen LogP contribution >= 0.6 is 11.8 Å². The number of nitro benzene ring substituents is 1. The molecule has 0 unspecified atom stereocenters. The summed E-state index contributed by atoms with van der Waals surface area (Å²) < 4.78 is 50.2. The molecule has 0 radical (unpaired) electrons. The number of hydrogen-bond acceptors (Lipinski definition) is 8. The molecule has 0 N–H and O–H groups in total. The molecule has 14 heteroatoms. The lowest BCUT2D eigenvalue weighted by atomic mass is 10.1. The van der Waals surface area contributed by atoms with Crippen molar-refractivity contribution in [2.24, 2.45) is 0 Å². The van der Waals surface area contributed by atoms with E-state index in [0.717, 1.165) is 23.8 Å². The maximum Gasteiger partial charge on any atom is 0.416 e. The SMILES string of the molecule is CCOc1cc(/C=C2/SC(=O)N(CC(=O)N3CCCC3)C2=O)ccc1Oc1ccc(C(F)(F)F)cc1[N+](=O)[O-]. The van der Waals surface area contributed by atoms with Crippen molar-refractivity contribution in [2.45, 2.75) is 25.9 Å². The van der Waals surface area contributed by atoms with E-state index in [0.29, 0.717) is 42.5 Å². The minimum Gasteiger partial charge on any atom is -0.490 e. The van der Waals surface area contributed by atoms with E-state index in [4.69, 9.17) is 9.47 Å². The monoisotopic (exact) mass is 565 g/mol. The average Bonchev–Trinajstić information content (AvgIpc) is 3.50. The number of nitro groups is 1. The number of imide groups is 1. The summed E-state index contributed by atoms with van der Waals surface area (Å²) in [7, 11) is 0. The van der Waals surface area contributed by atoms with E-state index >= 15 is 0 Å². The molecule has 3 amide bonds. The number of likely N-dealkylation sites (tertiary alicyclic amines) is 1. The van der Waals surface area contributed by atoms with Crippen molar-refractivity contribution in [2.75, 3.05) is 26.2 Å². The van der Waals surface area contributed by atoms with E-state index in [2.05, 4.69) is 0 Å². The number of hydrogen-bond donors (Lipinski definition) is 0. The summed E-state index contributed by atoms with van der Waals surface area (Å²) in [5.41, 5.74) is -1.66. The van der Waals surface area contributed by atoms with E-state index in [-0.39, 0.29) is 35.5 Å². The molecule has 206 valence electrons. The molecule has 39 heavy (non-hydrogen) atoms. The molecular weight excluding hydrogens is 543 g/mol. The third-order valence-electron chi connectivity index (χ3n) is 5.89. The molecule has 2 heterocycles. The van der Waals surface area contributed by atoms with Gasteiger partial charge < -0.3 is 14.4 Å². The summed E-state index contributed by atoms with van der Waals surface area (Å²) >= 11 is 0.684. The summed E-state index contributed by atoms with van der Waals surface area (Å²) in [6, 6.07) is 6.22. The molecule has 0 bridgehead atoms. The van der Waals surface area contributed by atoms with Gasteiger partial charge in [-0.15, -0.1) is 0 Å². The molecule has 0 atom stereocenters. The quantitative estimate of drug-likeness (QED) is 0.235. The average molecular weight is 566 g/mol. The van der Waals surface area contributed by atoms with Crippen LogP contribution in [0.2, 0.25) is 0 Å². The zero-order valence-corrected chi connectivity index (χ0v) is 21.3. The Hall–Kier alpha value is -4.07. The Labute approximate surface area is 224 Å². The Kier molecular flexibility index (Phi) is 8.14. The normalized spacial score (nSPS) is 16.8. The number of thioether (sulfide) groups is 1. The van der Waals surface area contributed by atoms with Gasteiger partial charge >= 0.3 is 11.9 Å². The van der Waals surface area contributed by atoms with Crippen molar-refractivity contribution in [3.63, 3.8) is 0 Å². The number of halogens is 3.